The van der Waals surface area contributed by atoms with Gasteiger partial charge in [-0.25, -0.2) is 4.52 Å². The molecule has 2 heterocycles. The second-order valence-corrected chi connectivity index (χ2v) is 6.46. The van der Waals surface area contributed by atoms with Gasteiger partial charge in [-0.3, -0.25) is 9.59 Å². The summed E-state index contributed by atoms with van der Waals surface area (Å²) in [6, 6.07) is 3.95. The monoisotopic (exact) mass is 341 g/mol. The molecule has 0 bridgehead atoms. The average molecular weight is 341 g/mol. The second-order valence-electron chi connectivity index (χ2n) is 6.46. The van der Waals surface area contributed by atoms with Crippen LogP contribution in [0.5, 0.6) is 0 Å². The molecule has 0 radical (unpaired) electrons. The normalized spacial score (nSPS) is 20.2. The fraction of sp³-hybridized carbons (Fsp3) is 0.389. The third kappa shape index (κ3) is 3.81. The van der Waals surface area contributed by atoms with Crippen LogP contribution in [-0.4, -0.2) is 34.0 Å². The Morgan fingerprint density at radius 2 is 2.28 bits per heavy atom. The minimum atomic E-state index is -0.501. The van der Waals surface area contributed by atoms with Gasteiger partial charge in [0.25, 0.3) is 5.91 Å². The van der Waals surface area contributed by atoms with Crippen molar-refractivity contribution in [2.24, 2.45) is 11.7 Å². The standard InChI is InChI=1S/C18H23N5O2/c1-2-16(24)22-13-6-3-5-12(9-13)10-20-17-14(18(19)25)11-21-23-8-4-7-15(17)23/h2,4,7-8,11-13,20H,1,3,5-6,9-10H2,(H2,19,25)(H,22,24). The Hall–Kier alpha value is -2.83. The number of primary amides is 1. The summed E-state index contributed by atoms with van der Waals surface area (Å²) in [5.74, 6) is -0.218. The van der Waals surface area contributed by atoms with Crippen molar-refractivity contribution in [2.45, 2.75) is 31.7 Å². The van der Waals surface area contributed by atoms with Crippen molar-refractivity contribution in [3.63, 3.8) is 0 Å². The Morgan fingerprint density at radius 3 is 3.04 bits per heavy atom. The molecule has 2 atom stereocenters. The average Bonchev–Trinajstić information content (AvgIpc) is 3.08. The molecule has 25 heavy (non-hydrogen) atoms. The molecular formula is C18H23N5O2. The number of hydrogen-bond acceptors (Lipinski definition) is 4. The van der Waals surface area contributed by atoms with Crippen LogP contribution in [0.15, 0.2) is 37.2 Å². The van der Waals surface area contributed by atoms with Crippen molar-refractivity contribution >= 4 is 23.0 Å². The van der Waals surface area contributed by atoms with Crippen LogP contribution in [0.3, 0.4) is 0 Å². The smallest absolute Gasteiger partial charge is 0.252 e. The molecule has 1 aliphatic rings. The maximum absolute atomic E-state index is 11.7. The highest BCUT2D eigenvalue weighted by molar-refractivity contribution is 6.01. The zero-order valence-corrected chi connectivity index (χ0v) is 14.1. The van der Waals surface area contributed by atoms with Crippen LogP contribution >= 0.6 is 0 Å². The van der Waals surface area contributed by atoms with Crippen molar-refractivity contribution in [1.29, 1.82) is 0 Å². The van der Waals surface area contributed by atoms with Crippen molar-refractivity contribution in [1.82, 2.24) is 14.9 Å². The van der Waals surface area contributed by atoms with E-state index in [4.69, 9.17) is 5.73 Å². The van der Waals surface area contributed by atoms with E-state index in [-0.39, 0.29) is 11.9 Å². The van der Waals surface area contributed by atoms with E-state index in [0.29, 0.717) is 23.7 Å². The zero-order chi connectivity index (χ0) is 17.8. The third-order valence-electron chi connectivity index (χ3n) is 4.71. The number of fused-ring (bicyclic) bond motifs is 1. The molecule has 1 saturated carbocycles. The van der Waals surface area contributed by atoms with Gasteiger partial charge in [0, 0.05) is 18.8 Å². The number of rotatable bonds is 6. The summed E-state index contributed by atoms with van der Waals surface area (Å²) >= 11 is 0. The molecule has 0 saturated heterocycles. The molecule has 7 heteroatoms. The largest absolute Gasteiger partial charge is 0.382 e. The lowest BCUT2D eigenvalue weighted by atomic mass is 9.85. The third-order valence-corrected chi connectivity index (χ3v) is 4.71. The molecule has 132 valence electrons. The molecule has 2 aromatic heterocycles. The van der Waals surface area contributed by atoms with Crippen molar-refractivity contribution in [3.8, 4) is 0 Å². The Kier molecular flexibility index (Phi) is 5.02. The van der Waals surface area contributed by atoms with Gasteiger partial charge in [0.1, 0.15) is 0 Å². The number of amides is 2. The molecular weight excluding hydrogens is 318 g/mol. The highest BCUT2D eigenvalue weighted by Crippen LogP contribution is 2.27. The quantitative estimate of drug-likeness (QED) is 0.696. The number of nitrogens with two attached hydrogens (primary N) is 1. The van der Waals surface area contributed by atoms with Gasteiger partial charge < -0.3 is 16.4 Å². The predicted molar refractivity (Wildman–Crippen MR) is 96.3 cm³/mol. The first-order chi connectivity index (χ1) is 12.1. The topological polar surface area (TPSA) is 102 Å². The van der Waals surface area contributed by atoms with Gasteiger partial charge in [-0.15, -0.1) is 0 Å². The first-order valence-corrected chi connectivity index (χ1v) is 8.51. The Bertz CT molecular complexity index is 798. The van der Waals surface area contributed by atoms with E-state index in [2.05, 4.69) is 22.3 Å². The van der Waals surface area contributed by atoms with Crippen LogP contribution < -0.4 is 16.4 Å². The van der Waals surface area contributed by atoms with E-state index in [1.165, 1.54) is 12.3 Å². The summed E-state index contributed by atoms with van der Waals surface area (Å²) < 4.78 is 1.71. The Morgan fingerprint density at radius 1 is 1.44 bits per heavy atom. The first kappa shape index (κ1) is 17.0. The molecule has 0 spiro atoms. The fourth-order valence-corrected chi connectivity index (χ4v) is 3.48. The van der Waals surface area contributed by atoms with Crippen LogP contribution in [0.4, 0.5) is 5.69 Å². The van der Waals surface area contributed by atoms with Crippen molar-refractivity contribution < 1.29 is 9.59 Å². The molecule has 4 N–H and O–H groups in total. The number of nitrogens with zero attached hydrogens (tertiary/aromatic N) is 2. The number of carbonyl (C=O) groups excluding carboxylic acids is 2. The maximum Gasteiger partial charge on any atom is 0.252 e. The van der Waals surface area contributed by atoms with Crippen LogP contribution in [0.1, 0.15) is 36.0 Å². The summed E-state index contributed by atoms with van der Waals surface area (Å²) in [4.78, 5) is 23.2. The number of anilines is 1. The van der Waals surface area contributed by atoms with E-state index in [1.54, 1.807) is 4.52 Å². The van der Waals surface area contributed by atoms with E-state index >= 15 is 0 Å². The number of aromatic nitrogens is 2. The van der Waals surface area contributed by atoms with Crippen molar-refractivity contribution in [3.05, 3.63) is 42.7 Å². The Balaban J connectivity index is 1.71. The van der Waals surface area contributed by atoms with Crippen LogP contribution in [0.25, 0.3) is 5.52 Å². The summed E-state index contributed by atoms with van der Waals surface area (Å²) in [6.07, 6.45) is 8.66. The molecule has 2 amide bonds. The van der Waals surface area contributed by atoms with Crippen LogP contribution in [-0.2, 0) is 4.79 Å². The van der Waals surface area contributed by atoms with E-state index < -0.39 is 5.91 Å². The van der Waals surface area contributed by atoms with Gasteiger partial charge in [0.05, 0.1) is 23.0 Å². The molecule has 7 nitrogen and oxygen atoms in total. The van der Waals surface area contributed by atoms with Crippen LogP contribution in [0, 0.1) is 5.92 Å². The minimum absolute atomic E-state index is 0.126. The van der Waals surface area contributed by atoms with Gasteiger partial charge >= 0.3 is 0 Å². The molecule has 0 aliphatic heterocycles. The highest BCUT2D eigenvalue weighted by Gasteiger charge is 2.23. The summed E-state index contributed by atoms with van der Waals surface area (Å²) in [5.41, 5.74) is 7.41. The molecule has 0 aromatic carbocycles. The minimum Gasteiger partial charge on any atom is -0.382 e. The number of carbonyl (C=O) groups is 2. The van der Waals surface area contributed by atoms with Gasteiger partial charge in [-0.2, -0.15) is 5.10 Å². The van der Waals surface area contributed by atoms with E-state index in [0.717, 1.165) is 31.2 Å². The van der Waals surface area contributed by atoms with Gasteiger partial charge in [0.15, 0.2) is 0 Å². The van der Waals surface area contributed by atoms with Crippen molar-refractivity contribution in [2.75, 3.05) is 11.9 Å². The lowest BCUT2D eigenvalue weighted by molar-refractivity contribution is -0.117. The SMILES string of the molecule is C=CC(=O)NC1CCCC(CNc2c(C(N)=O)cnn3cccc23)C1. The van der Waals surface area contributed by atoms with E-state index in [1.807, 2.05) is 18.3 Å². The second kappa shape index (κ2) is 7.38. The highest BCUT2D eigenvalue weighted by atomic mass is 16.1. The molecule has 3 rings (SSSR count). The summed E-state index contributed by atoms with van der Waals surface area (Å²) in [6.45, 7) is 4.21. The molecule has 2 unspecified atom stereocenters. The predicted octanol–water partition coefficient (Wildman–Crippen LogP) is 1.71. The summed E-state index contributed by atoms with van der Waals surface area (Å²) in [7, 11) is 0. The molecule has 1 fully saturated rings. The number of nitrogens with one attached hydrogen (secondary N) is 2. The first-order valence-electron chi connectivity index (χ1n) is 8.51. The lowest BCUT2D eigenvalue weighted by Crippen LogP contribution is -2.38. The fourth-order valence-electron chi connectivity index (χ4n) is 3.48. The lowest BCUT2D eigenvalue weighted by Gasteiger charge is -2.30. The summed E-state index contributed by atoms with van der Waals surface area (Å²) in [5, 5.41) is 10.6. The maximum atomic E-state index is 11.7. The molecule has 1 aliphatic carbocycles. The zero-order valence-electron chi connectivity index (χ0n) is 14.1. The number of hydrogen-bond donors (Lipinski definition) is 3. The Labute approximate surface area is 146 Å². The van der Waals surface area contributed by atoms with E-state index in [9.17, 15) is 9.59 Å². The van der Waals surface area contributed by atoms with Gasteiger partial charge in [-0.05, 0) is 43.4 Å². The molecule has 2 aromatic rings. The van der Waals surface area contributed by atoms with Gasteiger partial charge in [-0.1, -0.05) is 13.0 Å². The van der Waals surface area contributed by atoms with Gasteiger partial charge in [0.2, 0.25) is 5.91 Å². The van der Waals surface area contributed by atoms with Crippen LogP contribution in [0.2, 0.25) is 0 Å².